The van der Waals surface area contributed by atoms with Crippen LogP contribution in [0, 0.1) is 10.1 Å². The van der Waals surface area contributed by atoms with E-state index in [2.05, 4.69) is 38.0 Å². The average Bonchev–Trinajstić information content (AvgIpc) is 3.28. The topological polar surface area (TPSA) is 116 Å². The van der Waals surface area contributed by atoms with Crippen molar-refractivity contribution in [2.45, 2.75) is 11.7 Å². The lowest BCUT2D eigenvalue weighted by atomic mass is 10.3. The molecule has 0 spiro atoms. The number of thioether (sulfide) groups is 1. The van der Waals surface area contributed by atoms with Crippen LogP contribution in [0.15, 0.2) is 57.2 Å². The Balaban J connectivity index is 1.72. The molecule has 1 amide bonds. The number of rotatable bonds is 8. The summed E-state index contributed by atoms with van der Waals surface area (Å²) in [5, 5.41) is 22.4. The lowest BCUT2D eigenvalue weighted by molar-refractivity contribution is -0.384. The molecule has 1 aromatic carbocycles. The molecular weight excluding hydrogens is 486 g/mol. The van der Waals surface area contributed by atoms with E-state index in [0.717, 1.165) is 11.8 Å². The first-order valence-electron chi connectivity index (χ1n) is 8.05. The van der Waals surface area contributed by atoms with Crippen LogP contribution >= 0.6 is 39.3 Å². The Hall–Kier alpha value is -2.63. The number of nitro groups is 1. The second-order valence-corrected chi connectivity index (χ2v) is 7.70. The molecule has 9 nitrogen and oxygen atoms in total. The fourth-order valence-corrected chi connectivity index (χ4v) is 3.56. The van der Waals surface area contributed by atoms with Gasteiger partial charge in [0, 0.05) is 18.7 Å². The molecule has 3 rings (SSSR count). The van der Waals surface area contributed by atoms with Gasteiger partial charge in [0.2, 0.25) is 11.7 Å². The number of hydrogen-bond donors (Lipinski definition) is 1. The molecule has 0 saturated heterocycles. The SMILES string of the molecule is C=CCn1c(SCC(=O)Nc2cc([N+](=O)[O-])ccc2Cl)nnc1-c1ccc(Br)o1. The van der Waals surface area contributed by atoms with Gasteiger partial charge in [-0.05, 0) is 34.1 Å². The lowest BCUT2D eigenvalue weighted by Gasteiger charge is -2.08. The smallest absolute Gasteiger partial charge is 0.271 e. The van der Waals surface area contributed by atoms with E-state index in [1.807, 2.05) is 0 Å². The number of benzene rings is 1. The molecule has 1 N–H and O–H groups in total. The van der Waals surface area contributed by atoms with Gasteiger partial charge in [-0.2, -0.15) is 0 Å². The fraction of sp³-hybridized carbons (Fsp3) is 0.118. The number of furan rings is 1. The van der Waals surface area contributed by atoms with E-state index < -0.39 is 10.8 Å². The number of non-ortho nitro benzene ring substituents is 1. The van der Waals surface area contributed by atoms with Gasteiger partial charge in [0.25, 0.3) is 5.69 Å². The Bertz CT molecular complexity index is 1080. The number of anilines is 1. The minimum Gasteiger partial charge on any atom is -0.446 e. The van der Waals surface area contributed by atoms with E-state index in [0.29, 0.717) is 28.0 Å². The molecule has 0 unspecified atom stereocenters. The van der Waals surface area contributed by atoms with Crippen LogP contribution in [0.1, 0.15) is 0 Å². The highest BCUT2D eigenvalue weighted by atomic mass is 79.9. The Morgan fingerprint density at radius 2 is 2.21 bits per heavy atom. The summed E-state index contributed by atoms with van der Waals surface area (Å²) in [7, 11) is 0. The number of carbonyl (C=O) groups is 1. The van der Waals surface area contributed by atoms with Gasteiger partial charge < -0.3 is 9.73 Å². The standard InChI is InChI=1S/C17H13BrClN5O4S/c1-2-7-23-16(13-5-6-14(18)28-13)21-22-17(23)29-9-15(25)20-12-8-10(24(26)27)3-4-11(12)19/h2-6,8H,1,7,9H2,(H,20,25). The van der Waals surface area contributed by atoms with Crippen LogP contribution in [0.25, 0.3) is 11.6 Å². The van der Waals surface area contributed by atoms with Crippen molar-refractivity contribution in [1.29, 1.82) is 0 Å². The van der Waals surface area contributed by atoms with Gasteiger partial charge >= 0.3 is 0 Å². The monoisotopic (exact) mass is 497 g/mol. The number of allylic oxidation sites excluding steroid dienone is 1. The molecule has 0 aliphatic carbocycles. The molecule has 2 aromatic heterocycles. The van der Waals surface area contributed by atoms with E-state index in [1.165, 1.54) is 18.2 Å². The Morgan fingerprint density at radius 3 is 2.86 bits per heavy atom. The third-order valence-corrected chi connectivity index (χ3v) is 5.31. The summed E-state index contributed by atoms with van der Waals surface area (Å²) in [6.45, 7) is 4.14. The first-order valence-corrected chi connectivity index (χ1v) is 10.2. The molecule has 0 saturated carbocycles. The molecule has 0 fully saturated rings. The van der Waals surface area contributed by atoms with Crippen molar-refractivity contribution in [2.24, 2.45) is 0 Å². The third-order valence-electron chi connectivity index (χ3n) is 3.59. The van der Waals surface area contributed by atoms with E-state index in [-0.39, 0.29) is 22.2 Å². The maximum Gasteiger partial charge on any atom is 0.271 e. The van der Waals surface area contributed by atoms with Crippen molar-refractivity contribution >= 4 is 56.6 Å². The van der Waals surface area contributed by atoms with Crippen molar-refractivity contribution in [2.75, 3.05) is 11.1 Å². The van der Waals surface area contributed by atoms with Gasteiger partial charge in [-0.1, -0.05) is 29.4 Å². The first-order chi connectivity index (χ1) is 13.9. The van der Waals surface area contributed by atoms with E-state index in [4.69, 9.17) is 16.0 Å². The quantitative estimate of drug-likeness (QED) is 0.206. The zero-order valence-electron chi connectivity index (χ0n) is 14.7. The lowest BCUT2D eigenvalue weighted by Crippen LogP contribution is -2.15. The summed E-state index contributed by atoms with van der Waals surface area (Å²) in [5.41, 5.74) is -0.00233. The van der Waals surface area contributed by atoms with Crippen LogP contribution < -0.4 is 5.32 Å². The molecule has 0 aliphatic heterocycles. The van der Waals surface area contributed by atoms with Crippen molar-refractivity contribution in [3.05, 3.63) is 62.8 Å². The molecule has 0 bridgehead atoms. The van der Waals surface area contributed by atoms with Crippen LogP contribution in [0.4, 0.5) is 11.4 Å². The number of nitrogens with zero attached hydrogens (tertiary/aromatic N) is 4. The Labute approximate surface area is 182 Å². The maximum absolute atomic E-state index is 12.3. The predicted octanol–water partition coefficient (Wildman–Crippen LogP) is 4.78. The minimum absolute atomic E-state index is 0.00382. The second kappa shape index (κ2) is 9.25. The third kappa shape index (κ3) is 5.05. The molecule has 12 heteroatoms. The van der Waals surface area contributed by atoms with E-state index in [9.17, 15) is 14.9 Å². The molecule has 29 heavy (non-hydrogen) atoms. The van der Waals surface area contributed by atoms with Gasteiger partial charge in [0.15, 0.2) is 15.6 Å². The van der Waals surface area contributed by atoms with Gasteiger partial charge in [-0.15, -0.1) is 16.8 Å². The number of halogens is 2. The average molecular weight is 499 g/mol. The highest BCUT2D eigenvalue weighted by Crippen LogP contribution is 2.29. The summed E-state index contributed by atoms with van der Waals surface area (Å²) in [5.74, 6) is 0.620. The molecule has 0 aliphatic rings. The molecule has 150 valence electrons. The largest absolute Gasteiger partial charge is 0.446 e. The van der Waals surface area contributed by atoms with Gasteiger partial charge in [0.05, 0.1) is 21.4 Å². The molecule has 0 radical (unpaired) electrons. The highest BCUT2D eigenvalue weighted by molar-refractivity contribution is 9.10. The summed E-state index contributed by atoms with van der Waals surface area (Å²) in [6, 6.07) is 7.32. The van der Waals surface area contributed by atoms with Crippen LogP contribution in [0.5, 0.6) is 0 Å². The molecule has 2 heterocycles. The summed E-state index contributed by atoms with van der Waals surface area (Å²) < 4.78 is 7.84. The van der Waals surface area contributed by atoms with Gasteiger partial charge in [0.1, 0.15) is 0 Å². The van der Waals surface area contributed by atoms with Crippen molar-refractivity contribution in [1.82, 2.24) is 14.8 Å². The maximum atomic E-state index is 12.3. The van der Waals surface area contributed by atoms with Crippen LogP contribution in [-0.4, -0.2) is 31.3 Å². The highest BCUT2D eigenvalue weighted by Gasteiger charge is 2.18. The van der Waals surface area contributed by atoms with E-state index >= 15 is 0 Å². The normalized spacial score (nSPS) is 10.7. The molecule has 3 aromatic rings. The first kappa shape index (κ1) is 21.1. The minimum atomic E-state index is -0.562. The summed E-state index contributed by atoms with van der Waals surface area (Å²) in [4.78, 5) is 22.6. The van der Waals surface area contributed by atoms with E-state index in [1.54, 1.807) is 22.8 Å². The number of aromatic nitrogens is 3. The van der Waals surface area contributed by atoms with Gasteiger partial charge in [-0.25, -0.2) is 0 Å². The summed E-state index contributed by atoms with van der Waals surface area (Å²) >= 11 is 10.4. The number of amides is 1. The number of hydrogen-bond acceptors (Lipinski definition) is 7. The van der Waals surface area contributed by atoms with Crippen LogP contribution in [0.3, 0.4) is 0 Å². The Kier molecular flexibility index (Phi) is 6.72. The number of carbonyl (C=O) groups excluding carboxylic acids is 1. The van der Waals surface area contributed by atoms with Gasteiger partial charge in [-0.3, -0.25) is 19.5 Å². The number of nitro benzene ring substituents is 1. The van der Waals surface area contributed by atoms with Crippen molar-refractivity contribution in [3.63, 3.8) is 0 Å². The molecular formula is C17H13BrClN5O4S. The predicted molar refractivity (Wildman–Crippen MR) is 113 cm³/mol. The zero-order valence-corrected chi connectivity index (χ0v) is 17.8. The molecule has 0 atom stereocenters. The van der Waals surface area contributed by atoms with Crippen LogP contribution in [-0.2, 0) is 11.3 Å². The van der Waals surface area contributed by atoms with Crippen LogP contribution in [0.2, 0.25) is 5.02 Å². The zero-order chi connectivity index (χ0) is 21.0. The van der Waals surface area contributed by atoms with Crippen molar-refractivity contribution in [3.8, 4) is 11.6 Å². The number of nitrogens with one attached hydrogen (secondary N) is 1. The second-order valence-electron chi connectivity index (χ2n) is 5.57. The Morgan fingerprint density at radius 1 is 1.41 bits per heavy atom. The van der Waals surface area contributed by atoms with Crippen molar-refractivity contribution < 1.29 is 14.1 Å². The summed E-state index contributed by atoms with van der Waals surface area (Å²) in [6.07, 6.45) is 1.68. The fourth-order valence-electron chi connectivity index (χ4n) is 2.34.